The highest BCUT2D eigenvalue weighted by Gasteiger charge is 2.42. The zero-order chi connectivity index (χ0) is 23.4. The third kappa shape index (κ3) is 3.89. The predicted octanol–water partition coefficient (Wildman–Crippen LogP) is 5.07. The van der Waals surface area contributed by atoms with E-state index in [1.54, 1.807) is 12.1 Å². The molecule has 0 aliphatic carbocycles. The standard InChI is InChI=1S/C22H23N3O5S2/c1-21(2)10-13-16(20(27)30-5)19(32-17(13)22(3,4)24-21)23-18(26)15-9-11-8-12(25(28)29)6-7-14(11)31-15/h6-9,24H,10H2,1-5H3,(H,23,26). The number of carbonyl (C=O) groups is 2. The maximum absolute atomic E-state index is 13.1. The Bertz CT molecular complexity index is 1270. The van der Waals surface area contributed by atoms with Gasteiger partial charge in [-0.2, -0.15) is 0 Å². The van der Waals surface area contributed by atoms with E-state index in [9.17, 15) is 19.7 Å². The molecular weight excluding hydrogens is 450 g/mol. The van der Waals surface area contributed by atoms with Crippen molar-refractivity contribution in [3.63, 3.8) is 0 Å². The second-order valence-electron chi connectivity index (χ2n) is 8.96. The average Bonchev–Trinajstić information content (AvgIpc) is 3.27. The molecule has 0 bridgehead atoms. The minimum Gasteiger partial charge on any atom is -0.465 e. The smallest absolute Gasteiger partial charge is 0.341 e. The molecule has 1 aromatic carbocycles. The Kier molecular flexibility index (Phi) is 5.35. The fraction of sp³-hybridized carbons (Fsp3) is 0.364. The number of rotatable bonds is 4. The van der Waals surface area contributed by atoms with Gasteiger partial charge in [-0.3, -0.25) is 14.9 Å². The summed E-state index contributed by atoms with van der Waals surface area (Å²) >= 11 is 2.61. The van der Waals surface area contributed by atoms with Gasteiger partial charge in [0, 0.05) is 38.2 Å². The van der Waals surface area contributed by atoms with Crippen molar-refractivity contribution in [1.29, 1.82) is 0 Å². The van der Waals surface area contributed by atoms with E-state index in [-0.39, 0.29) is 22.7 Å². The van der Waals surface area contributed by atoms with Crippen LogP contribution in [0.25, 0.3) is 10.1 Å². The number of hydrogen-bond donors (Lipinski definition) is 2. The van der Waals surface area contributed by atoms with E-state index in [1.807, 2.05) is 0 Å². The first kappa shape index (κ1) is 22.4. The number of nitrogens with one attached hydrogen (secondary N) is 2. The van der Waals surface area contributed by atoms with Crippen molar-refractivity contribution in [3.05, 3.63) is 55.3 Å². The molecule has 0 fully saturated rings. The molecule has 1 amide bonds. The third-order valence-corrected chi connectivity index (χ3v) is 7.98. The van der Waals surface area contributed by atoms with Gasteiger partial charge >= 0.3 is 5.97 Å². The Morgan fingerprint density at radius 2 is 1.91 bits per heavy atom. The number of fused-ring (bicyclic) bond motifs is 2. The summed E-state index contributed by atoms with van der Waals surface area (Å²) < 4.78 is 5.81. The summed E-state index contributed by atoms with van der Waals surface area (Å²) in [4.78, 5) is 37.7. The Balaban J connectivity index is 1.74. The van der Waals surface area contributed by atoms with E-state index >= 15 is 0 Å². The molecule has 0 atom stereocenters. The molecule has 1 aliphatic heterocycles. The van der Waals surface area contributed by atoms with Crippen LogP contribution < -0.4 is 10.6 Å². The lowest BCUT2D eigenvalue weighted by Crippen LogP contribution is -2.55. The van der Waals surface area contributed by atoms with Crippen LogP contribution in [0.15, 0.2) is 24.3 Å². The minimum absolute atomic E-state index is 0.0292. The van der Waals surface area contributed by atoms with Gasteiger partial charge in [-0.25, -0.2) is 4.79 Å². The van der Waals surface area contributed by atoms with Crippen molar-refractivity contribution in [2.24, 2.45) is 0 Å². The van der Waals surface area contributed by atoms with Gasteiger partial charge in [0.2, 0.25) is 0 Å². The molecular formula is C22H23N3O5S2. The van der Waals surface area contributed by atoms with Crippen molar-refractivity contribution in [2.75, 3.05) is 12.4 Å². The number of nitro groups is 1. The lowest BCUT2D eigenvalue weighted by Gasteiger charge is -2.42. The predicted molar refractivity (Wildman–Crippen MR) is 126 cm³/mol. The number of esters is 1. The topological polar surface area (TPSA) is 111 Å². The molecule has 0 saturated heterocycles. The first-order chi connectivity index (χ1) is 14.9. The third-order valence-electron chi connectivity index (χ3n) is 5.40. The van der Waals surface area contributed by atoms with Gasteiger partial charge in [0.05, 0.1) is 22.5 Å². The van der Waals surface area contributed by atoms with Crippen LogP contribution in [0.5, 0.6) is 0 Å². The highest BCUT2D eigenvalue weighted by molar-refractivity contribution is 7.21. The van der Waals surface area contributed by atoms with Gasteiger partial charge < -0.3 is 15.4 Å². The SMILES string of the molecule is COC(=O)c1c(NC(=O)c2cc3cc([N+](=O)[O-])ccc3s2)sc2c1CC(C)(C)NC2(C)C. The quantitative estimate of drug-likeness (QED) is 0.311. The highest BCUT2D eigenvalue weighted by atomic mass is 32.1. The average molecular weight is 474 g/mol. The van der Waals surface area contributed by atoms with E-state index in [4.69, 9.17) is 4.74 Å². The fourth-order valence-electron chi connectivity index (χ4n) is 4.35. The summed E-state index contributed by atoms with van der Waals surface area (Å²) in [6.07, 6.45) is 0.620. The van der Waals surface area contributed by atoms with E-state index < -0.39 is 10.9 Å². The number of nitro benzene ring substituents is 1. The van der Waals surface area contributed by atoms with E-state index in [2.05, 4.69) is 38.3 Å². The molecule has 168 valence electrons. The lowest BCUT2D eigenvalue weighted by molar-refractivity contribution is -0.384. The number of methoxy groups -OCH3 is 1. The van der Waals surface area contributed by atoms with Crippen LogP contribution in [-0.2, 0) is 16.7 Å². The summed E-state index contributed by atoms with van der Waals surface area (Å²) in [6, 6.07) is 6.12. The Hall–Kier alpha value is -2.82. The van der Waals surface area contributed by atoms with Gasteiger partial charge in [0.25, 0.3) is 11.6 Å². The van der Waals surface area contributed by atoms with Gasteiger partial charge in [-0.05, 0) is 51.8 Å². The molecule has 0 spiro atoms. The number of non-ortho nitro benzene ring substituents is 1. The van der Waals surface area contributed by atoms with Crippen LogP contribution in [0, 0.1) is 10.1 Å². The number of amides is 1. The number of ether oxygens (including phenoxy) is 1. The Labute approximate surface area is 192 Å². The van der Waals surface area contributed by atoms with Crippen LogP contribution >= 0.6 is 22.7 Å². The van der Waals surface area contributed by atoms with Crippen LogP contribution in [0.4, 0.5) is 10.7 Å². The van der Waals surface area contributed by atoms with Crippen LogP contribution in [0.1, 0.15) is 58.2 Å². The molecule has 0 saturated carbocycles. The number of nitrogens with zero attached hydrogens (tertiary/aromatic N) is 1. The number of benzene rings is 1. The summed E-state index contributed by atoms with van der Waals surface area (Å²) in [5, 5.41) is 18.6. The molecule has 8 nitrogen and oxygen atoms in total. The second kappa shape index (κ2) is 7.65. The summed E-state index contributed by atoms with van der Waals surface area (Å²) in [7, 11) is 1.33. The maximum atomic E-state index is 13.1. The van der Waals surface area contributed by atoms with Gasteiger partial charge in [-0.1, -0.05) is 0 Å². The van der Waals surface area contributed by atoms with E-state index in [0.717, 1.165) is 15.1 Å². The number of anilines is 1. The van der Waals surface area contributed by atoms with Gasteiger partial charge in [0.1, 0.15) is 5.00 Å². The second-order valence-corrected chi connectivity index (χ2v) is 11.1. The summed E-state index contributed by atoms with van der Waals surface area (Å²) in [5.74, 6) is -0.860. The number of hydrogen-bond acceptors (Lipinski definition) is 8. The zero-order valence-corrected chi connectivity index (χ0v) is 20.0. The van der Waals surface area contributed by atoms with Crippen molar-refractivity contribution in [1.82, 2.24) is 5.32 Å². The molecule has 3 heterocycles. The zero-order valence-electron chi connectivity index (χ0n) is 18.3. The molecule has 2 N–H and O–H groups in total. The van der Waals surface area contributed by atoms with Crippen molar-refractivity contribution >= 4 is 55.3 Å². The highest BCUT2D eigenvalue weighted by Crippen LogP contribution is 2.45. The van der Waals surface area contributed by atoms with Crippen LogP contribution in [0.3, 0.4) is 0 Å². The van der Waals surface area contributed by atoms with Crippen molar-refractivity contribution < 1.29 is 19.2 Å². The Morgan fingerprint density at radius 3 is 2.56 bits per heavy atom. The van der Waals surface area contributed by atoms with Crippen molar-refractivity contribution in [2.45, 2.75) is 45.2 Å². The number of thiophene rings is 2. The molecule has 1 aliphatic rings. The van der Waals surface area contributed by atoms with Gasteiger partial charge in [-0.15, -0.1) is 22.7 Å². The largest absolute Gasteiger partial charge is 0.465 e. The molecule has 3 aromatic rings. The normalized spacial score (nSPS) is 16.4. The van der Waals surface area contributed by atoms with Crippen LogP contribution in [0.2, 0.25) is 0 Å². The van der Waals surface area contributed by atoms with Crippen molar-refractivity contribution in [3.8, 4) is 0 Å². The summed E-state index contributed by atoms with van der Waals surface area (Å²) in [5.41, 5.74) is 0.628. The van der Waals surface area contributed by atoms with Gasteiger partial charge in [0.15, 0.2) is 0 Å². The molecule has 32 heavy (non-hydrogen) atoms. The monoisotopic (exact) mass is 473 g/mol. The lowest BCUT2D eigenvalue weighted by atomic mass is 9.81. The number of carbonyl (C=O) groups excluding carboxylic acids is 2. The fourth-order valence-corrected chi connectivity index (χ4v) is 6.55. The Morgan fingerprint density at radius 1 is 1.19 bits per heavy atom. The summed E-state index contributed by atoms with van der Waals surface area (Å²) in [6.45, 7) is 8.25. The molecule has 2 aromatic heterocycles. The molecule has 0 unspecified atom stereocenters. The molecule has 4 rings (SSSR count). The first-order valence-electron chi connectivity index (χ1n) is 9.95. The first-order valence-corrected chi connectivity index (χ1v) is 11.6. The van der Waals surface area contributed by atoms with Crippen LogP contribution in [-0.4, -0.2) is 29.4 Å². The maximum Gasteiger partial charge on any atom is 0.341 e. The van der Waals surface area contributed by atoms with E-state index in [1.165, 1.54) is 41.9 Å². The van der Waals surface area contributed by atoms with E-state index in [0.29, 0.717) is 27.2 Å². The minimum atomic E-state index is -0.488. The molecule has 0 radical (unpaired) electrons. The molecule has 10 heteroatoms.